The second kappa shape index (κ2) is 21.5. The van der Waals surface area contributed by atoms with Crippen molar-refractivity contribution in [3.63, 3.8) is 0 Å². The van der Waals surface area contributed by atoms with E-state index in [9.17, 15) is 9.59 Å². The van der Waals surface area contributed by atoms with Gasteiger partial charge in [0.05, 0.1) is 27.4 Å². The highest BCUT2D eigenvalue weighted by Crippen LogP contribution is 2.29. The smallest absolute Gasteiger partial charge is 0.333 e. The van der Waals surface area contributed by atoms with E-state index in [1.54, 1.807) is 13.2 Å². The second-order valence-electron chi connectivity index (χ2n) is 12.1. The lowest BCUT2D eigenvalue weighted by Crippen LogP contribution is -2.23. The van der Waals surface area contributed by atoms with Crippen molar-refractivity contribution in [2.75, 3.05) is 27.4 Å². The maximum atomic E-state index is 11.8. The lowest BCUT2D eigenvalue weighted by atomic mass is 10.1. The van der Waals surface area contributed by atoms with Crippen molar-refractivity contribution < 1.29 is 38.0 Å². The van der Waals surface area contributed by atoms with Crippen LogP contribution in [0.25, 0.3) is 16.8 Å². The van der Waals surface area contributed by atoms with Crippen molar-refractivity contribution in [2.24, 2.45) is 0 Å². The Morgan fingerprint density at radius 1 is 0.712 bits per heavy atom. The van der Waals surface area contributed by atoms with Gasteiger partial charge < -0.3 is 28.4 Å². The quantitative estimate of drug-likeness (QED) is 0.0296. The molecule has 1 unspecified atom stereocenters. The molecule has 0 spiro atoms. The Morgan fingerprint density at radius 2 is 1.40 bits per heavy atom. The first-order chi connectivity index (χ1) is 25.4. The Kier molecular flexibility index (Phi) is 16.2. The number of hydrogen-bond acceptors (Lipinski definition) is 8. The van der Waals surface area contributed by atoms with Crippen LogP contribution in [0.5, 0.6) is 23.0 Å². The molecule has 0 fully saturated rings. The molecule has 8 heteroatoms. The number of carbonyl (C=O) groups excluding carboxylic acids is 2. The molecular formula is C44H48O8. The number of esters is 2. The maximum absolute atomic E-state index is 11.8. The Bertz CT molecular complexity index is 1850. The summed E-state index contributed by atoms with van der Waals surface area (Å²) in [5, 5.41) is 2.05. The molecule has 0 N–H and O–H groups in total. The summed E-state index contributed by atoms with van der Waals surface area (Å²) < 4.78 is 33.4. The van der Waals surface area contributed by atoms with Gasteiger partial charge in [-0.3, -0.25) is 0 Å². The van der Waals surface area contributed by atoms with Gasteiger partial charge in [0.15, 0.2) is 11.5 Å². The van der Waals surface area contributed by atoms with Crippen molar-refractivity contribution in [1.29, 1.82) is 0 Å². The molecule has 0 saturated carbocycles. The summed E-state index contributed by atoms with van der Waals surface area (Å²) in [5.74, 6) is 8.35. The van der Waals surface area contributed by atoms with Crippen LogP contribution >= 0.6 is 0 Å². The average Bonchev–Trinajstić information content (AvgIpc) is 3.17. The van der Waals surface area contributed by atoms with Crippen molar-refractivity contribution in [2.45, 2.75) is 64.6 Å². The maximum Gasteiger partial charge on any atom is 0.333 e. The van der Waals surface area contributed by atoms with Gasteiger partial charge in [0, 0.05) is 29.7 Å². The van der Waals surface area contributed by atoms with Gasteiger partial charge in [0.25, 0.3) is 0 Å². The van der Waals surface area contributed by atoms with E-state index >= 15 is 0 Å². The van der Waals surface area contributed by atoms with Crippen LogP contribution in [0, 0.1) is 11.8 Å². The molecule has 0 heterocycles. The van der Waals surface area contributed by atoms with Crippen LogP contribution in [-0.2, 0) is 19.1 Å². The molecule has 0 radical (unpaired) electrons. The highest BCUT2D eigenvalue weighted by molar-refractivity contribution is 5.87. The first-order valence-corrected chi connectivity index (χ1v) is 17.8. The molecule has 272 valence electrons. The van der Waals surface area contributed by atoms with Gasteiger partial charge >= 0.3 is 11.9 Å². The van der Waals surface area contributed by atoms with E-state index in [1.165, 1.54) is 13.2 Å². The van der Waals surface area contributed by atoms with Crippen LogP contribution < -0.4 is 18.9 Å². The monoisotopic (exact) mass is 704 g/mol. The molecule has 4 aromatic carbocycles. The minimum absolute atomic E-state index is 0.412. The van der Waals surface area contributed by atoms with Crippen LogP contribution in [0.3, 0.4) is 0 Å². The third kappa shape index (κ3) is 13.2. The molecule has 0 aliphatic carbocycles. The fourth-order valence-corrected chi connectivity index (χ4v) is 5.26. The zero-order valence-electron chi connectivity index (χ0n) is 30.4. The van der Waals surface area contributed by atoms with E-state index in [1.807, 2.05) is 72.8 Å². The third-order valence-electron chi connectivity index (χ3n) is 8.11. The number of unbranched alkanes of at least 4 members (excludes halogenated alkanes) is 5. The van der Waals surface area contributed by atoms with Gasteiger partial charge in [-0.05, 0) is 115 Å². The Balaban J connectivity index is 1.17. The average molecular weight is 705 g/mol. The first kappa shape index (κ1) is 39.1. The molecule has 0 aliphatic rings. The van der Waals surface area contributed by atoms with Crippen LogP contribution in [0.4, 0.5) is 0 Å². The van der Waals surface area contributed by atoms with Gasteiger partial charge in [-0.15, -0.1) is 0 Å². The van der Waals surface area contributed by atoms with Crippen LogP contribution in [0.15, 0.2) is 97.6 Å². The zero-order chi connectivity index (χ0) is 37.0. The molecule has 0 aliphatic heterocycles. The van der Waals surface area contributed by atoms with Crippen LogP contribution in [0.2, 0.25) is 0 Å². The van der Waals surface area contributed by atoms with Gasteiger partial charge in [0.2, 0.25) is 6.29 Å². The first-order valence-electron chi connectivity index (χ1n) is 17.8. The molecule has 8 nitrogen and oxygen atoms in total. The summed E-state index contributed by atoms with van der Waals surface area (Å²) in [6.07, 6.45) is 11.1. The molecule has 0 saturated heterocycles. The van der Waals surface area contributed by atoms with Gasteiger partial charge in [0.1, 0.15) is 11.5 Å². The van der Waals surface area contributed by atoms with Crippen molar-refractivity contribution in [1.82, 2.24) is 0 Å². The minimum atomic E-state index is -0.652. The van der Waals surface area contributed by atoms with Gasteiger partial charge in [-0.25, -0.2) is 9.59 Å². The van der Waals surface area contributed by atoms with E-state index in [2.05, 4.69) is 36.1 Å². The molecule has 0 bridgehead atoms. The summed E-state index contributed by atoms with van der Waals surface area (Å²) in [5.41, 5.74) is 2.63. The highest BCUT2D eigenvalue weighted by Gasteiger charge is 2.15. The summed E-state index contributed by atoms with van der Waals surface area (Å²) in [4.78, 5) is 23.1. The fraction of sp³-hybridized carbons (Fsp3) is 0.318. The summed E-state index contributed by atoms with van der Waals surface area (Å²) in [6, 6.07) is 25.2. The molecule has 52 heavy (non-hydrogen) atoms. The normalized spacial score (nSPS) is 11.3. The number of rotatable bonds is 20. The topological polar surface area (TPSA) is 89.5 Å². The number of methoxy groups -OCH3 is 2. The van der Waals surface area contributed by atoms with E-state index in [0.717, 1.165) is 84.2 Å². The number of carbonyl (C=O) groups is 2. The van der Waals surface area contributed by atoms with Crippen molar-refractivity contribution in [3.8, 4) is 34.8 Å². The van der Waals surface area contributed by atoms with E-state index in [4.69, 9.17) is 23.7 Å². The van der Waals surface area contributed by atoms with Crippen LogP contribution in [-0.4, -0.2) is 45.7 Å². The molecule has 0 amide bonds. The number of ether oxygens (including phenoxy) is 6. The van der Waals surface area contributed by atoms with E-state index < -0.39 is 18.2 Å². The predicted octanol–water partition coefficient (Wildman–Crippen LogP) is 9.47. The third-order valence-corrected chi connectivity index (χ3v) is 8.11. The molecule has 0 aromatic heterocycles. The summed E-state index contributed by atoms with van der Waals surface area (Å²) in [7, 11) is 2.94. The van der Waals surface area contributed by atoms with E-state index in [-0.39, 0.29) is 0 Å². The Labute approximate surface area is 307 Å². The second-order valence-corrected chi connectivity index (χ2v) is 12.1. The Hall–Kier alpha value is -5.68. The lowest BCUT2D eigenvalue weighted by Gasteiger charge is -2.19. The summed E-state index contributed by atoms with van der Waals surface area (Å²) in [6.45, 7) is 6.84. The molecule has 4 aromatic rings. The number of hydrogen-bond donors (Lipinski definition) is 0. The molecule has 1 atom stereocenters. The molecule has 4 rings (SSSR count). The molecular weight excluding hydrogens is 656 g/mol. The van der Waals surface area contributed by atoms with Crippen LogP contribution in [0.1, 0.15) is 75.0 Å². The standard InChI is InChI=1S/C44H48O8/c1-5-7-10-13-44(52-42(45)6-2)51-39-25-22-36-30-34(16-21-37(36)32-39)15-14-33-17-23-38(24-18-33)49-28-11-8-9-12-29-50-40-26-19-35(31-41(40)47-3)20-27-43(46)48-4/h6,16-27,30-32,44H,2,5,7-13,28-29H2,1,3-4H3/b27-20+. The zero-order valence-corrected chi connectivity index (χ0v) is 30.4. The van der Waals surface area contributed by atoms with Crippen molar-refractivity contribution >= 4 is 28.8 Å². The van der Waals surface area contributed by atoms with E-state index in [0.29, 0.717) is 36.9 Å². The SMILES string of the molecule is C=CC(=O)OC(CCCCC)Oc1ccc2cc(C#Cc3ccc(OCCCCCCOc4ccc(/C=C/C(=O)OC)cc4OC)cc3)ccc2c1. The lowest BCUT2D eigenvalue weighted by molar-refractivity contribution is -0.158. The predicted molar refractivity (Wildman–Crippen MR) is 205 cm³/mol. The number of fused-ring (bicyclic) bond motifs is 1. The van der Waals surface area contributed by atoms with Gasteiger partial charge in [-0.1, -0.05) is 56.4 Å². The fourth-order valence-electron chi connectivity index (χ4n) is 5.26. The van der Waals surface area contributed by atoms with Crippen molar-refractivity contribution in [3.05, 3.63) is 114 Å². The highest BCUT2D eigenvalue weighted by atomic mass is 16.7. The summed E-state index contributed by atoms with van der Waals surface area (Å²) >= 11 is 0. The Morgan fingerprint density at radius 3 is 2.13 bits per heavy atom. The van der Waals surface area contributed by atoms with Gasteiger partial charge in [-0.2, -0.15) is 0 Å². The number of benzene rings is 4. The minimum Gasteiger partial charge on any atom is -0.494 e. The largest absolute Gasteiger partial charge is 0.494 e.